The minimum Gasteiger partial charge on any atom is -0.368 e. The molecule has 1 fully saturated rings. The molecule has 0 saturated heterocycles. The van der Waals surface area contributed by atoms with E-state index in [1.54, 1.807) is 0 Å². The van der Waals surface area contributed by atoms with Gasteiger partial charge in [0.2, 0.25) is 15.9 Å². The molecule has 28 heavy (non-hydrogen) atoms. The van der Waals surface area contributed by atoms with Gasteiger partial charge in [0.15, 0.2) is 0 Å². The molecule has 1 aliphatic carbocycles. The predicted molar refractivity (Wildman–Crippen MR) is 99.5 cm³/mol. The number of nitrogens with one attached hydrogen (secondary N) is 3. The van der Waals surface area contributed by atoms with E-state index in [4.69, 9.17) is 11.6 Å². The molecule has 1 aromatic rings. The lowest BCUT2D eigenvalue weighted by molar-refractivity contribution is -0.137. The molecule has 0 unspecified atom stereocenters. The minimum absolute atomic E-state index is 0.0289. The number of carbonyl (C=O) groups excluding carboxylic acids is 1. The largest absolute Gasteiger partial charge is 0.417 e. The van der Waals surface area contributed by atoms with E-state index in [9.17, 15) is 26.4 Å². The van der Waals surface area contributed by atoms with Crippen LogP contribution in [0.4, 0.5) is 19.0 Å². The smallest absolute Gasteiger partial charge is 0.368 e. The molecule has 0 bridgehead atoms. The lowest BCUT2D eigenvalue weighted by Crippen LogP contribution is -2.53. The average molecular weight is 443 g/mol. The molecule has 1 aromatic heterocycles. The van der Waals surface area contributed by atoms with Gasteiger partial charge in [0, 0.05) is 31.2 Å². The standard InChI is InChI=1S/C16H22ClF3N4O3S/c1-28(26,27)24-13-5-3-2-4-12(13)23-14(25)6-7-21-15-11(17)8-10(9-22-15)16(18,19)20/h8-9,12-13,24H,2-7H2,1H3,(H,21,22)(H,23,25)/t12-,13+/m1/s1. The molecule has 0 aliphatic heterocycles. The van der Waals surface area contributed by atoms with E-state index in [1.165, 1.54) is 0 Å². The monoisotopic (exact) mass is 442 g/mol. The Morgan fingerprint density at radius 2 is 1.93 bits per heavy atom. The van der Waals surface area contributed by atoms with E-state index < -0.39 is 21.8 Å². The number of halogens is 4. The van der Waals surface area contributed by atoms with E-state index in [0.29, 0.717) is 19.0 Å². The summed E-state index contributed by atoms with van der Waals surface area (Å²) in [5.41, 5.74) is -0.956. The normalized spacial score (nSPS) is 20.6. The van der Waals surface area contributed by atoms with Crippen molar-refractivity contribution in [3.05, 3.63) is 22.8 Å². The van der Waals surface area contributed by atoms with Crippen molar-refractivity contribution in [2.45, 2.75) is 50.4 Å². The maximum absolute atomic E-state index is 12.6. The molecule has 1 saturated carbocycles. The summed E-state index contributed by atoms with van der Waals surface area (Å²) < 4.78 is 63.3. The molecule has 3 N–H and O–H groups in total. The molecular formula is C16H22ClF3N4O3S. The highest BCUT2D eigenvalue weighted by Crippen LogP contribution is 2.32. The number of anilines is 1. The van der Waals surface area contributed by atoms with E-state index in [0.717, 1.165) is 25.2 Å². The summed E-state index contributed by atoms with van der Waals surface area (Å²) in [6.07, 6.45) is 0.297. The molecule has 0 spiro atoms. The van der Waals surface area contributed by atoms with Gasteiger partial charge in [0.25, 0.3) is 0 Å². The summed E-state index contributed by atoms with van der Waals surface area (Å²) in [7, 11) is -3.38. The summed E-state index contributed by atoms with van der Waals surface area (Å²) in [4.78, 5) is 15.8. The van der Waals surface area contributed by atoms with Crippen molar-refractivity contribution < 1.29 is 26.4 Å². The maximum atomic E-state index is 12.6. The number of amides is 1. The second-order valence-corrected chi connectivity index (χ2v) is 8.87. The number of hydrogen-bond donors (Lipinski definition) is 3. The zero-order valence-electron chi connectivity index (χ0n) is 15.1. The molecule has 1 aliphatic rings. The molecule has 2 atom stereocenters. The van der Waals surface area contributed by atoms with E-state index in [1.807, 2.05) is 0 Å². The fourth-order valence-electron chi connectivity index (χ4n) is 3.02. The third kappa shape index (κ3) is 7.10. The molecule has 0 radical (unpaired) electrons. The van der Waals surface area contributed by atoms with Crippen LogP contribution in [0.25, 0.3) is 0 Å². The number of aromatic nitrogens is 1. The molecule has 2 rings (SSSR count). The number of nitrogens with zero attached hydrogens (tertiary/aromatic N) is 1. The van der Waals surface area contributed by atoms with Crippen molar-refractivity contribution in [1.82, 2.24) is 15.0 Å². The van der Waals surface area contributed by atoms with Gasteiger partial charge in [0.1, 0.15) is 5.82 Å². The first-order valence-electron chi connectivity index (χ1n) is 8.69. The second-order valence-electron chi connectivity index (χ2n) is 6.68. The number of rotatable bonds is 7. The Hall–Kier alpha value is -1.59. The molecule has 1 amide bonds. The van der Waals surface area contributed by atoms with Gasteiger partial charge in [-0.3, -0.25) is 4.79 Å². The number of pyridine rings is 1. The third-order valence-electron chi connectivity index (χ3n) is 4.29. The SMILES string of the molecule is CS(=O)(=O)N[C@H]1CCCC[C@H]1NC(=O)CCNc1ncc(C(F)(F)F)cc1Cl. The zero-order valence-corrected chi connectivity index (χ0v) is 16.7. The van der Waals surface area contributed by atoms with Gasteiger partial charge < -0.3 is 10.6 Å². The van der Waals surface area contributed by atoms with Crippen LogP contribution in [0.5, 0.6) is 0 Å². The molecule has 1 heterocycles. The highest BCUT2D eigenvalue weighted by atomic mass is 35.5. The highest BCUT2D eigenvalue weighted by molar-refractivity contribution is 7.88. The van der Waals surface area contributed by atoms with Crippen LogP contribution < -0.4 is 15.4 Å². The Kier molecular flexibility index (Phi) is 7.52. The van der Waals surface area contributed by atoms with Crippen LogP contribution in [0.1, 0.15) is 37.7 Å². The van der Waals surface area contributed by atoms with Gasteiger partial charge in [-0.1, -0.05) is 24.4 Å². The molecular weight excluding hydrogens is 421 g/mol. The van der Waals surface area contributed by atoms with Crippen molar-refractivity contribution in [2.75, 3.05) is 18.1 Å². The van der Waals surface area contributed by atoms with E-state index in [-0.39, 0.29) is 41.8 Å². The van der Waals surface area contributed by atoms with Gasteiger partial charge in [0.05, 0.1) is 16.8 Å². The summed E-state index contributed by atoms with van der Waals surface area (Å²) >= 11 is 5.80. The number of carbonyl (C=O) groups is 1. The summed E-state index contributed by atoms with van der Waals surface area (Å²) in [6.45, 7) is 0.112. The first kappa shape index (κ1) is 22.7. The van der Waals surface area contributed by atoms with Gasteiger partial charge in [-0.2, -0.15) is 13.2 Å². The molecule has 0 aromatic carbocycles. The van der Waals surface area contributed by atoms with Gasteiger partial charge in [-0.05, 0) is 18.9 Å². The Bertz CT molecular complexity index is 805. The van der Waals surface area contributed by atoms with Crippen molar-refractivity contribution in [1.29, 1.82) is 0 Å². The fraction of sp³-hybridized carbons (Fsp3) is 0.625. The Morgan fingerprint density at radius 3 is 2.50 bits per heavy atom. The quantitative estimate of drug-likeness (QED) is 0.602. The lowest BCUT2D eigenvalue weighted by atomic mass is 9.91. The Balaban J connectivity index is 1.85. The van der Waals surface area contributed by atoms with E-state index in [2.05, 4.69) is 20.3 Å². The summed E-state index contributed by atoms with van der Waals surface area (Å²) in [5.74, 6) is -0.250. The lowest BCUT2D eigenvalue weighted by Gasteiger charge is -2.32. The van der Waals surface area contributed by atoms with Crippen molar-refractivity contribution in [3.8, 4) is 0 Å². The van der Waals surface area contributed by atoms with Crippen LogP contribution in [0.3, 0.4) is 0 Å². The molecule has 12 heteroatoms. The average Bonchev–Trinajstić information content (AvgIpc) is 2.56. The van der Waals surface area contributed by atoms with E-state index >= 15 is 0 Å². The topological polar surface area (TPSA) is 100 Å². The van der Waals surface area contributed by atoms with Crippen LogP contribution in [-0.4, -0.2) is 44.2 Å². The fourth-order valence-corrected chi connectivity index (χ4v) is 4.08. The number of hydrogen-bond acceptors (Lipinski definition) is 5. The predicted octanol–water partition coefficient (Wildman–Crippen LogP) is 2.53. The molecule has 158 valence electrons. The van der Waals surface area contributed by atoms with Crippen molar-refractivity contribution in [3.63, 3.8) is 0 Å². The van der Waals surface area contributed by atoms with Crippen LogP contribution >= 0.6 is 11.6 Å². The molecule has 7 nitrogen and oxygen atoms in total. The number of sulfonamides is 1. The first-order chi connectivity index (χ1) is 13.0. The second kappa shape index (κ2) is 9.27. The van der Waals surface area contributed by atoms with Gasteiger partial charge >= 0.3 is 6.18 Å². The van der Waals surface area contributed by atoms with Crippen molar-refractivity contribution >= 4 is 33.3 Å². The highest BCUT2D eigenvalue weighted by Gasteiger charge is 2.31. The number of alkyl halides is 3. The van der Waals surface area contributed by atoms with Gasteiger partial charge in [-0.25, -0.2) is 18.1 Å². The van der Waals surface area contributed by atoms with Crippen LogP contribution in [-0.2, 0) is 21.0 Å². The summed E-state index contributed by atoms with van der Waals surface area (Å²) in [5, 5.41) is 5.35. The van der Waals surface area contributed by atoms with Crippen LogP contribution in [0.2, 0.25) is 5.02 Å². The first-order valence-corrected chi connectivity index (χ1v) is 11.0. The third-order valence-corrected chi connectivity index (χ3v) is 5.31. The zero-order chi connectivity index (χ0) is 20.9. The van der Waals surface area contributed by atoms with Crippen LogP contribution in [0, 0.1) is 0 Å². The van der Waals surface area contributed by atoms with Crippen molar-refractivity contribution in [2.24, 2.45) is 0 Å². The minimum atomic E-state index is -4.54. The maximum Gasteiger partial charge on any atom is 0.417 e. The van der Waals surface area contributed by atoms with Gasteiger partial charge in [-0.15, -0.1) is 0 Å². The Morgan fingerprint density at radius 1 is 1.29 bits per heavy atom. The van der Waals surface area contributed by atoms with Crippen LogP contribution in [0.15, 0.2) is 12.3 Å². The Labute approximate surface area is 166 Å². The summed E-state index contributed by atoms with van der Waals surface area (Å²) in [6, 6.07) is 0.107.